The van der Waals surface area contributed by atoms with Crippen LogP contribution < -0.4 is 5.32 Å². The molecule has 0 aliphatic carbocycles. The third-order valence-electron chi connectivity index (χ3n) is 3.37. The van der Waals surface area contributed by atoms with Crippen molar-refractivity contribution in [2.24, 2.45) is 0 Å². The van der Waals surface area contributed by atoms with E-state index in [1.54, 1.807) is 13.8 Å². The lowest BCUT2D eigenvalue weighted by molar-refractivity contribution is -0.387. The van der Waals surface area contributed by atoms with Crippen LogP contribution >= 0.6 is 0 Å². The number of nitrogens with one attached hydrogen (secondary N) is 1. The molecule has 21 heavy (non-hydrogen) atoms. The Labute approximate surface area is 119 Å². The van der Waals surface area contributed by atoms with Crippen LogP contribution in [-0.2, 0) is 0 Å². The number of hydrogen-bond donors (Lipinski definition) is 2. The van der Waals surface area contributed by atoms with Crippen molar-refractivity contribution in [3.8, 4) is 0 Å². The maximum atomic E-state index is 13.5. The molecule has 0 spiro atoms. The fraction of sp³-hybridized carbons (Fsp3) is 0.462. The van der Waals surface area contributed by atoms with E-state index in [0.29, 0.717) is 25.0 Å². The van der Waals surface area contributed by atoms with Crippen molar-refractivity contribution in [2.45, 2.75) is 32.3 Å². The van der Waals surface area contributed by atoms with Gasteiger partial charge in [0.1, 0.15) is 5.82 Å². The number of halogens is 2. The van der Waals surface area contributed by atoms with E-state index in [-0.39, 0.29) is 6.54 Å². The second-order valence-electron chi connectivity index (χ2n) is 4.65. The fourth-order valence-corrected chi connectivity index (χ4v) is 1.69. The average Bonchev–Trinajstić information content (AvgIpc) is 2.44. The Morgan fingerprint density at radius 3 is 2.38 bits per heavy atom. The number of benzene rings is 1. The highest BCUT2D eigenvalue weighted by Gasteiger charge is 2.26. The molecule has 0 saturated carbocycles. The van der Waals surface area contributed by atoms with Crippen molar-refractivity contribution in [1.29, 1.82) is 0 Å². The first-order chi connectivity index (χ1) is 9.74. The number of nitrogens with zero attached hydrogens (tertiary/aromatic N) is 1. The van der Waals surface area contributed by atoms with Gasteiger partial charge < -0.3 is 10.4 Å². The third kappa shape index (κ3) is 3.94. The van der Waals surface area contributed by atoms with Crippen LogP contribution in [0.4, 0.5) is 14.5 Å². The van der Waals surface area contributed by atoms with E-state index in [9.17, 15) is 28.8 Å². The van der Waals surface area contributed by atoms with Crippen LogP contribution in [0.5, 0.6) is 0 Å². The number of nitro benzene ring substituents is 1. The third-order valence-corrected chi connectivity index (χ3v) is 3.37. The molecule has 1 aromatic carbocycles. The van der Waals surface area contributed by atoms with Gasteiger partial charge in [0, 0.05) is 18.7 Å². The van der Waals surface area contributed by atoms with Crippen LogP contribution in [0.1, 0.15) is 37.0 Å². The van der Waals surface area contributed by atoms with Crippen molar-refractivity contribution in [3.05, 3.63) is 39.4 Å². The molecule has 0 fully saturated rings. The summed E-state index contributed by atoms with van der Waals surface area (Å²) in [5.41, 5.74) is -2.77. The molecule has 0 aromatic heterocycles. The van der Waals surface area contributed by atoms with Crippen LogP contribution in [0.3, 0.4) is 0 Å². The maximum absolute atomic E-state index is 13.5. The molecule has 0 aliphatic heterocycles. The maximum Gasteiger partial charge on any atom is 0.305 e. The molecule has 1 rings (SSSR count). The van der Waals surface area contributed by atoms with E-state index >= 15 is 0 Å². The topological polar surface area (TPSA) is 92.5 Å². The van der Waals surface area contributed by atoms with E-state index in [1.165, 1.54) is 0 Å². The summed E-state index contributed by atoms with van der Waals surface area (Å²) in [5, 5.41) is 22.9. The van der Waals surface area contributed by atoms with E-state index in [1.807, 2.05) is 0 Å². The Morgan fingerprint density at radius 1 is 1.33 bits per heavy atom. The largest absolute Gasteiger partial charge is 0.388 e. The summed E-state index contributed by atoms with van der Waals surface area (Å²) in [4.78, 5) is 21.4. The predicted molar refractivity (Wildman–Crippen MR) is 70.9 cm³/mol. The number of carbonyl (C=O) groups excluding carboxylic acids is 1. The summed E-state index contributed by atoms with van der Waals surface area (Å²) in [6.45, 7) is 3.31. The number of amides is 1. The first kappa shape index (κ1) is 17.0. The number of nitro groups is 1. The van der Waals surface area contributed by atoms with Gasteiger partial charge in [-0.2, -0.15) is 4.39 Å². The zero-order valence-electron chi connectivity index (χ0n) is 11.7. The second kappa shape index (κ2) is 6.57. The quantitative estimate of drug-likeness (QED) is 0.622. The van der Waals surface area contributed by atoms with E-state index in [2.05, 4.69) is 5.32 Å². The van der Waals surface area contributed by atoms with Gasteiger partial charge in [0.2, 0.25) is 5.82 Å². The summed E-state index contributed by atoms with van der Waals surface area (Å²) in [5.74, 6) is -3.50. The minimum absolute atomic E-state index is 0.135. The number of hydrogen-bond acceptors (Lipinski definition) is 4. The Morgan fingerprint density at radius 2 is 1.90 bits per heavy atom. The Balaban J connectivity index is 2.98. The number of aliphatic hydroxyl groups is 1. The SMILES string of the molecule is CCC(O)(CC)CNC(=O)c1cc([N+](=O)[O-])c(F)cc1F. The molecule has 8 heteroatoms. The van der Waals surface area contributed by atoms with Gasteiger partial charge in [-0.05, 0) is 12.8 Å². The van der Waals surface area contributed by atoms with E-state index in [0.717, 1.165) is 0 Å². The molecule has 0 unspecified atom stereocenters. The Hall–Kier alpha value is -2.09. The molecule has 0 saturated heterocycles. The van der Waals surface area contributed by atoms with E-state index < -0.39 is 39.3 Å². The molecule has 2 N–H and O–H groups in total. The second-order valence-corrected chi connectivity index (χ2v) is 4.65. The molecule has 1 aromatic rings. The monoisotopic (exact) mass is 302 g/mol. The van der Waals surface area contributed by atoms with Gasteiger partial charge in [-0.25, -0.2) is 4.39 Å². The van der Waals surface area contributed by atoms with Crippen LogP contribution in [0.25, 0.3) is 0 Å². The van der Waals surface area contributed by atoms with Crippen LogP contribution in [0.2, 0.25) is 0 Å². The fourth-order valence-electron chi connectivity index (χ4n) is 1.69. The molecule has 6 nitrogen and oxygen atoms in total. The summed E-state index contributed by atoms with van der Waals surface area (Å²) in [6, 6.07) is 0.829. The van der Waals surface area contributed by atoms with Gasteiger partial charge in [-0.3, -0.25) is 14.9 Å². The minimum atomic E-state index is -1.35. The Bertz CT molecular complexity index is 559. The molecule has 0 heterocycles. The summed E-state index contributed by atoms with van der Waals surface area (Å²) < 4.78 is 26.7. The van der Waals surface area contributed by atoms with Crippen molar-refractivity contribution in [1.82, 2.24) is 5.32 Å². The Kier molecular flexibility index (Phi) is 5.31. The van der Waals surface area contributed by atoms with Gasteiger partial charge in [0.25, 0.3) is 5.91 Å². The first-order valence-electron chi connectivity index (χ1n) is 6.38. The number of carbonyl (C=O) groups is 1. The highest BCUT2D eigenvalue weighted by molar-refractivity contribution is 5.95. The lowest BCUT2D eigenvalue weighted by Gasteiger charge is -2.25. The summed E-state index contributed by atoms with van der Waals surface area (Å²) in [7, 11) is 0. The molecule has 116 valence electrons. The highest BCUT2D eigenvalue weighted by atomic mass is 19.1. The standard InChI is InChI=1S/C13H16F2N2O4/c1-3-13(19,4-2)7-16-12(18)8-5-11(17(20)21)10(15)6-9(8)14/h5-6,19H,3-4,7H2,1-2H3,(H,16,18). The summed E-state index contributed by atoms with van der Waals surface area (Å²) in [6.07, 6.45) is 0.742. The normalized spacial score (nSPS) is 11.3. The zero-order valence-corrected chi connectivity index (χ0v) is 11.7. The van der Waals surface area contributed by atoms with Crippen molar-refractivity contribution >= 4 is 11.6 Å². The van der Waals surface area contributed by atoms with Gasteiger partial charge in [-0.15, -0.1) is 0 Å². The lowest BCUT2D eigenvalue weighted by Crippen LogP contribution is -2.42. The van der Waals surface area contributed by atoms with Gasteiger partial charge in [-0.1, -0.05) is 13.8 Å². The van der Waals surface area contributed by atoms with Crippen LogP contribution in [-0.4, -0.2) is 28.1 Å². The summed E-state index contributed by atoms with van der Waals surface area (Å²) >= 11 is 0. The number of rotatable bonds is 6. The van der Waals surface area contributed by atoms with E-state index in [4.69, 9.17) is 0 Å². The molecular formula is C13H16F2N2O4. The van der Waals surface area contributed by atoms with Crippen LogP contribution in [0.15, 0.2) is 12.1 Å². The smallest absolute Gasteiger partial charge is 0.305 e. The van der Waals surface area contributed by atoms with Crippen molar-refractivity contribution < 1.29 is 23.6 Å². The zero-order chi connectivity index (χ0) is 16.2. The minimum Gasteiger partial charge on any atom is -0.388 e. The molecule has 1 amide bonds. The molecule has 0 aliphatic rings. The van der Waals surface area contributed by atoms with Gasteiger partial charge in [0.15, 0.2) is 0 Å². The molecule has 0 radical (unpaired) electrons. The molecule has 0 bridgehead atoms. The average molecular weight is 302 g/mol. The molecule has 0 atom stereocenters. The molecular weight excluding hydrogens is 286 g/mol. The predicted octanol–water partition coefficient (Wildman–Crippen LogP) is 2.15. The lowest BCUT2D eigenvalue weighted by atomic mass is 9.97. The van der Waals surface area contributed by atoms with Gasteiger partial charge in [0.05, 0.1) is 16.1 Å². The van der Waals surface area contributed by atoms with Crippen LogP contribution in [0, 0.1) is 21.7 Å². The van der Waals surface area contributed by atoms with Crippen molar-refractivity contribution in [3.63, 3.8) is 0 Å². The first-order valence-corrected chi connectivity index (χ1v) is 6.38. The van der Waals surface area contributed by atoms with Gasteiger partial charge >= 0.3 is 5.69 Å². The highest BCUT2D eigenvalue weighted by Crippen LogP contribution is 2.22. The van der Waals surface area contributed by atoms with Crippen molar-refractivity contribution in [2.75, 3.05) is 6.54 Å².